The van der Waals surface area contributed by atoms with Crippen molar-refractivity contribution in [3.05, 3.63) is 69.3 Å². The van der Waals surface area contributed by atoms with Gasteiger partial charge in [0, 0.05) is 11.6 Å². The van der Waals surface area contributed by atoms with Gasteiger partial charge in [0.2, 0.25) is 0 Å². The van der Waals surface area contributed by atoms with Crippen molar-refractivity contribution in [2.45, 2.75) is 13.8 Å². The zero-order chi connectivity index (χ0) is 15.4. The lowest BCUT2D eigenvalue weighted by Crippen LogP contribution is -2.13. The van der Waals surface area contributed by atoms with Crippen LogP contribution in [0.15, 0.2) is 42.5 Å². The fourth-order valence-corrected chi connectivity index (χ4v) is 2.06. The highest BCUT2D eigenvalue weighted by Crippen LogP contribution is 2.27. The number of ether oxygens (including phenoxy) is 1. The number of nitro benzene ring substituents is 1. The third kappa shape index (κ3) is 3.25. The quantitative estimate of drug-likeness (QED) is 0.479. The van der Waals surface area contributed by atoms with Crippen LogP contribution in [0.5, 0.6) is 5.75 Å². The van der Waals surface area contributed by atoms with Crippen molar-refractivity contribution in [2.75, 3.05) is 6.61 Å². The van der Waals surface area contributed by atoms with Crippen LogP contribution < -0.4 is 4.74 Å². The Balaban J connectivity index is 2.14. The highest BCUT2D eigenvalue weighted by molar-refractivity contribution is 5.98. The van der Waals surface area contributed by atoms with Crippen LogP contribution in [-0.2, 0) is 0 Å². The van der Waals surface area contributed by atoms with Gasteiger partial charge in [-0.1, -0.05) is 30.3 Å². The van der Waals surface area contributed by atoms with Gasteiger partial charge in [-0.25, -0.2) is 0 Å². The summed E-state index contributed by atoms with van der Waals surface area (Å²) in [7, 11) is 0. The van der Waals surface area contributed by atoms with E-state index in [4.69, 9.17) is 4.74 Å². The lowest BCUT2D eigenvalue weighted by atomic mass is 10.1. The van der Waals surface area contributed by atoms with Crippen LogP contribution in [0, 0.1) is 24.0 Å². The number of hydrogen-bond acceptors (Lipinski definition) is 4. The molecule has 0 aliphatic rings. The number of aryl methyl sites for hydroxylation is 1. The molecule has 0 unspecified atom stereocenters. The Kier molecular flexibility index (Phi) is 4.33. The first-order valence-corrected chi connectivity index (χ1v) is 6.46. The second kappa shape index (κ2) is 6.17. The van der Waals surface area contributed by atoms with Crippen LogP contribution >= 0.6 is 0 Å². The van der Waals surface area contributed by atoms with Crippen LogP contribution in [0.4, 0.5) is 5.69 Å². The average Bonchev–Trinajstić information content (AvgIpc) is 2.46. The molecule has 0 saturated heterocycles. The minimum absolute atomic E-state index is 0.0177. The van der Waals surface area contributed by atoms with Gasteiger partial charge in [-0.2, -0.15) is 0 Å². The molecule has 0 N–H and O–H groups in total. The van der Waals surface area contributed by atoms with Gasteiger partial charge < -0.3 is 4.74 Å². The van der Waals surface area contributed by atoms with E-state index in [9.17, 15) is 14.9 Å². The van der Waals surface area contributed by atoms with Gasteiger partial charge in [0.15, 0.2) is 12.4 Å². The number of Topliss-reactive ketones (excluding diaryl/α,β-unsaturated/α-hetero) is 1. The van der Waals surface area contributed by atoms with Gasteiger partial charge in [0.25, 0.3) is 5.69 Å². The fraction of sp³-hybridized carbons (Fsp3) is 0.188. The maximum Gasteiger partial charge on any atom is 0.276 e. The summed E-state index contributed by atoms with van der Waals surface area (Å²) in [5.41, 5.74) is 1.87. The molecular formula is C16H15NO4. The van der Waals surface area contributed by atoms with Crippen molar-refractivity contribution in [3.8, 4) is 5.75 Å². The Morgan fingerprint density at radius 1 is 1.14 bits per heavy atom. The first-order chi connectivity index (χ1) is 10.0. The molecule has 0 bridgehead atoms. The predicted molar refractivity (Wildman–Crippen MR) is 78.8 cm³/mol. The first-order valence-electron chi connectivity index (χ1n) is 6.46. The molecule has 0 fully saturated rings. The predicted octanol–water partition coefficient (Wildman–Crippen LogP) is 3.47. The summed E-state index contributed by atoms with van der Waals surface area (Å²) in [4.78, 5) is 22.5. The average molecular weight is 285 g/mol. The molecule has 5 heteroatoms. The van der Waals surface area contributed by atoms with Crippen molar-refractivity contribution in [1.82, 2.24) is 0 Å². The highest BCUT2D eigenvalue weighted by Gasteiger charge is 2.15. The molecular weight excluding hydrogens is 270 g/mol. The van der Waals surface area contributed by atoms with E-state index in [0.717, 1.165) is 5.56 Å². The minimum atomic E-state index is -0.467. The smallest absolute Gasteiger partial charge is 0.276 e. The fourth-order valence-electron chi connectivity index (χ4n) is 2.06. The first kappa shape index (κ1) is 14.7. The summed E-state index contributed by atoms with van der Waals surface area (Å²) in [6, 6.07) is 11.8. The van der Waals surface area contributed by atoms with Crippen molar-refractivity contribution in [1.29, 1.82) is 0 Å². The molecule has 2 rings (SSSR count). The summed E-state index contributed by atoms with van der Waals surface area (Å²) in [6.07, 6.45) is 0. The molecule has 0 heterocycles. The normalized spacial score (nSPS) is 10.2. The van der Waals surface area contributed by atoms with Crippen LogP contribution in [0.2, 0.25) is 0 Å². The van der Waals surface area contributed by atoms with Crippen molar-refractivity contribution in [2.24, 2.45) is 0 Å². The second-order valence-electron chi connectivity index (χ2n) is 4.68. The minimum Gasteiger partial charge on any atom is -0.485 e. The van der Waals surface area contributed by atoms with Gasteiger partial charge in [-0.3, -0.25) is 14.9 Å². The van der Waals surface area contributed by atoms with E-state index in [1.54, 1.807) is 31.2 Å². The number of ketones is 1. The van der Waals surface area contributed by atoms with E-state index in [0.29, 0.717) is 16.9 Å². The number of rotatable bonds is 5. The third-order valence-electron chi connectivity index (χ3n) is 3.26. The molecule has 0 aliphatic carbocycles. The Morgan fingerprint density at radius 3 is 2.52 bits per heavy atom. The lowest BCUT2D eigenvalue weighted by Gasteiger charge is -2.09. The Bertz CT molecular complexity index is 694. The second-order valence-corrected chi connectivity index (χ2v) is 4.68. The van der Waals surface area contributed by atoms with Crippen LogP contribution in [0.1, 0.15) is 21.5 Å². The molecule has 0 aliphatic heterocycles. The van der Waals surface area contributed by atoms with Crippen LogP contribution in [0.25, 0.3) is 0 Å². The number of carbonyl (C=O) groups is 1. The van der Waals surface area contributed by atoms with Crippen LogP contribution in [-0.4, -0.2) is 17.3 Å². The molecule has 5 nitrogen and oxygen atoms in total. The van der Waals surface area contributed by atoms with Crippen molar-refractivity contribution in [3.63, 3.8) is 0 Å². The van der Waals surface area contributed by atoms with E-state index >= 15 is 0 Å². The summed E-state index contributed by atoms with van der Waals surface area (Å²) in [5, 5.41) is 10.9. The topological polar surface area (TPSA) is 69.4 Å². The molecule has 0 amide bonds. The zero-order valence-electron chi connectivity index (χ0n) is 11.8. The van der Waals surface area contributed by atoms with Crippen molar-refractivity contribution < 1.29 is 14.5 Å². The largest absolute Gasteiger partial charge is 0.485 e. The SMILES string of the molecule is Cc1ccccc1C(=O)COc1cccc([N+](=O)[O-])c1C. The van der Waals surface area contributed by atoms with E-state index in [1.807, 2.05) is 19.1 Å². The Hall–Kier alpha value is -2.69. The molecule has 108 valence electrons. The maximum absolute atomic E-state index is 12.1. The van der Waals surface area contributed by atoms with E-state index in [1.165, 1.54) is 6.07 Å². The van der Waals surface area contributed by atoms with Gasteiger partial charge in [0.05, 0.1) is 10.5 Å². The van der Waals surface area contributed by atoms with E-state index in [2.05, 4.69) is 0 Å². The number of carbonyl (C=O) groups excluding carboxylic acids is 1. The number of hydrogen-bond donors (Lipinski definition) is 0. The summed E-state index contributed by atoms with van der Waals surface area (Å²) < 4.78 is 5.44. The molecule has 0 aromatic heterocycles. The monoisotopic (exact) mass is 285 g/mol. The number of nitrogens with zero attached hydrogens (tertiary/aromatic N) is 1. The van der Waals surface area contributed by atoms with E-state index < -0.39 is 4.92 Å². The Labute approximate surface area is 122 Å². The lowest BCUT2D eigenvalue weighted by molar-refractivity contribution is -0.385. The van der Waals surface area contributed by atoms with Gasteiger partial charge in [0.1, 0.15) is 5.75 Å². The molecule has 0 atom stereocenters. The molecule has 0 radical (unpaired) electrons. The number of nitro groups is 1. The summed E-state index contributed by atoms with van der Waals surface area (Å²) >= 11 is 0. The third-order valence-corrected chi connectivity index (χ3v) is 3.26. The molecule has 0 saturated carbocycles. The van der Waals surface area contributed by atoms with Crippen molar-refractivity contribution >= 4 is 11.5 Å². The molecule has 21 heavy (non-hydrogen) atoms. The summed E-state index contributed by atoms with van der Waals surface area (Å²) in [5.74, 6) is 0.199. The summed E-state index contributed by atoms with van der Waals surface area (Å²) in [6.45, 7) is 3.31. The molecule has 2 aromatic carbocycles. The zero-order valence-corrected chi connectivity index (χ0v) is 11.8. The highest BCUT2D eigenvalue weighted by atomic mass is 16.6. The molecule has 0 spiro atoms. The Morgan fingerprint density at radius 2 is 1.86 bits per heavy atom. The van der Waals surface area contributed by atoms with E-state index in [-0.39, 0.29) is 18.1 Å². The standard InChI is InChI=1S/C16H15NO4/c1-11-6-3-4-7-13(11)15(18)10-21-16-9-5-8-14(12(16)2)17(19)20/h3-9H,10H2,1-2H3. The maximum atomic E-state index is 12.1. The van der Waals surface area contributed by atoms with Crippen LogP contribution in [0.3, 0.4) is 0 Å². The van der Waals surface area contributed by atoms with Gasteiger partial charge in [-0.05, 0) is 25.5 Å². The van der Waals surface area contributed by atoms with Gasteiger partial charge in [-0.15, -0.1) is 0 Å². The molecule has 2 aromatic rings. The number of benzene rings is 2. The van der Waals surface area contributed by atoms with Gasteiger partial charge >= 0.3 is 0 Å².